The van der Waals surface area contributed by atoms with Crippen LogP contribution in [0.3, 0.4) is 0 Å². The van der Waals surface area contributed by atoms with Gasteiger partial charge in [-0.3, -0.25) is 4.79 Å². The Morgan fingerprint density at radius 3 is 2.67 bits per heavy atom. The van der Waals surface area contributed by atoms with Crippen molar-refractivity contribution in [3.8, 4) is 0 Å². The average Bonchev–Trinajstić information content (AvgIpc) is 2.54. The number of hydrogen-bond acceptors (Lipinski definition) is 5. The monoisotopic (exact) mass is 194 g/mol. The minimum Gasteiger partial charge on any atom is -0.459 e. The molecule has 2 atom stereocenters. The first-order valence-corrected chi connectivity index (χ1v) is 4.56. The molecule has 0 radical (unpaired) electrons. The van der Waals surface area contributed by atoms with Crippen molar-refractivity contribution in [2.45, 2.75) is 25.0 Å². The van der Waals surface area contributed by atoms with E-state index in [2.05, 4.69) is 17.4 Å². The maximum atomic E-state index is 10.5. The first-order chi connectivity index (χ1) is 5.74. The first kappa shape index (κ1) is 11.7. The molecule has 0 aromatic rings. The highest BCUT2D eigenvalue weighted by atomic mass is 32.1. The number of aliphatic hydroxyl groups excluding tert-OH is 2. The first-order valence-electron chi connectivity index (χ1n) is 3.67. The van der Waals surface area contributed by atoms with Crippen molar-refractivity contribution in [1.29, 1.82) is 0 Å². The van der Waals surface area contributed by atoms with Gasteiger partial charge in [-0.25, -0.2) is 0 Å². The summed E-state index contributed by atoms with van der Waals surface area (Å²) >= 11 is 3.53. The molecule has 4 nitrogen and oxygen atoms in total. The zero-order chi connectivity index (χ0) is 9.56. The van der Waals surface area contributed by atoms with Crippen molar-refractivity contribution in [2.75, 3.05) is 12.9 Å². The highest BCUT2D eigenvalue weighted by molar-refractivity contribution is 7.79. The molecule has 0 saturated carbocycles. The number of esters is 1. The fourth-order valence-corrected chi connectivity index (χ4v) is 0.935. The number of ether oxygens (including phenoxy) is 1. The summed E-state index contributed by atoms with van der Waals surface area (Å²) in [6.45, 7) is -0.349. The van der Waals surface area contributed by atoms with Crippen LogP contribution in [0.25, 0.3) is 0 Å². The van der Waals surface area contributed by atoms with E-state index < -0.39 is 12.2 Å². The molecule has 1 saturated heterocycles. The third-order valence-corrected chi connectivity index (χ3v) is 1.53. The lowest BCUT2D eigenvalue weighted by atomic mass is 10.1. The molecule has 12 heavy (non-hydrogen) atoms. The summed E-state index contributed by atoms with van der Waals surface area (Å²) in [6.07, 6.45) is 1.16. The fourth-order valence-electron chi connectivity index (χ4n) is 0.935. The van der Waals surface area contributed by atoms with Crippen molar-refractivity contribution in [2.24, 2.45) is 0 Å². The van der Waals surface area contributed by atoms with Gasteiger partial charge in [0.2, 0.25) is 0 Å². The second kappa shape index (κ2) is 6.28. The van der Waals surface area contributed by atoms with Crippen molar-refractivity contribution >= 4 is 18.6 Å². The van der Waals surface area contributed by atoms with Gasteiger partial charge in [0.05, 0.1) is 6.61 Å². The quantitative estimate of drug-likeness (QED) is 0.413. The Morgan fingerprint density at radius 1 is 1.75 bits per heavy atom. The summed E-state index contributed by atoms with van der Waals surface area (Å²) in [5.41, 5.74) is 0. The third-order valence-electron chi connectivity index (χ3n) is 1.53. The number of rotatable bonds is 2. The van der Waals surface area contributed by atoms with Crippen LogP contribution in [0.5, 0.6) is 0 Å². The number of carbonyl (C=O) groups is 1. The number of cyclic esters (lactones) is 1. The molecule has 1 aliphatic heterocycles. The van der Waals surface area contributed by atoms with Crippen LogP contribution >= 0.6 is 12.6 Å². The zero-order valence-corrected chi connectivity index (χ0v) is 7.83. The van der Waals surface area contributed by atoms with Crippen LogP contribution in [0.15, 0.2) is 0 Å². The molecule has 1 heterocycles. The molecule has 1 rings (SSSR count). The van der Waals surface area contributed by atoms with Gasteiger partial charge in [-0.1, -0.05) is 0 Å². The number of carbonyl (C=O) groups excluding carboxylic acids is 1. The van der Waals surface area contributed by atoms with Crippen LogP contribution in [0, 0.1) is 0 Å². The van der Waals surface area contributed by atoms with E-state index in [-0.39, 0.29) is 12.6 Å². The maximum Gasteiger partial charge on any atom is 0.306 e. The SMILES string of the molecule is CS.O=C1CCC(C(O)CO)O1. The normalized spacial score (nSPS) is 24.0. The topological polar surface area (TPSA) is 66.8 Å². The van der Waals surface area contributed by atoms with Gasteiger partial charge in [-0.15, -0.1) is 0 Å². The summed E-state index contributed by atoms with van der Waals surface area (Å²) in [6, 6.07) is 0. The van der Waals surface area contributed by atoms with Gasteiger partial charge in [0, 0.05) is 6.42 Å². The second-order valence-corrected chi connectivity index (χ2v) is 2.32. The summed E-state index contributed by atoms with van der Waals surface area (Å²) in [5, 5.41) is 17.4. The van der Waals surface area contributed by atoms with Gasteiger partial charge in [0.15, 0.2) is 0 Å². The lowest BCUT2D eigenvalue weighted by Crippen LogP contribution is -2.28. The molecule has 0 aromatic carbocycles. The van der Waals surface area contributed by atoms with Crippen LogP contribution in [0.2, 0.25) is 0 Å². The second-order valence-electron chi connectivity index (χ2n) is 2.32. The van der Waals surface area contributed by atoms with Crippen molar-refractivity contribution in [3.63, 3.8) is 0 Å². The molecule has 5 heteroatoms. The van der Waals surface area contributed by atoms with Crippen LogP contribution in [-0.2, 0) is 9.53 Å². The van der Waals surface area contributed by atoms with Crippen LogP contribution in [-0.4, -0.2) is 41.3 Å². The van der Waals surface area contributed by atoms with Crippen LogP contribution in [0.4, 0.5) is 0 Å². The molecule has 2 unspecified atom stereocenters. The van der Waals surface area contributed by atoms with Crippen molar-refractivity contribution < 1.29 is 19.7 Å². The van der Waals surface area contributed by atoms with Gasteiger partial charge in [-0.05, 0) is 12.7 Å². The van der Waals surface area contributed by atoms with Gasteiger partial charge >= 0.3 is 5.97 Å². The number of hydrogen-bond donors (Lipinski definition) is 3. The van der Waals surface area contributed by atoms with E-state index in [0.717, 1.165) is 0 Å². The standard InChI is InChI=1S/C6H10O4.CH4S/c7-3-4(8)5-1-2-6(9)10-5;1-2/h4-5,7-8H,1-3H2;2H,1H3. The number of thiol groups is 1. The van der Waals surface area contributed by atoms with Crippen LogP contribution in [0.1, 0.15) is 12.8 Å². The molecule has 1 fully saturated rings. The predicted octanol–water partition coefficient (Wildman–Crippen LogP) is -0.409. The van der Waals surface area contributed by atoms with E-state index in [9.17, 15) is 4.79 Å². The Bertz CT molecular complexity index is 139. The third kappa shape index (κ3) is 3.42. The van der Waals surface area contributed by atoms with E-state index in [1.165, 1.54) is 0 Å². The number of aliphatic hydroxyl groups is 2. The molecule has 0 bridgehead atoms. The fraction of sp³-hybridized carbons (Fsp3) is 0.857. The lowest BCUT2D eigenvalue weighted by Gasteiger charge is -2.13. The molecule has 0 spiro atoms. The molecule has 0 aromatic heterocycles. The Balaban J connectivity index is 0.000000561. The summed E-state index contributed by atoms with van der Waals surface area (Å²) in [7, 11) is 0. The Morgan fingerprint density at radius 2 is 2.33 bits per heavy atom. The van der Waals surface area contributed by atoms with E-state index in [0.29, 0.717) is 12.8 Å². The Kier molecular flexibility index (Phi) is 6.14. The molecule has 2 N–H and O–H groups in total. The highest BCUT2D eigenvalue weighted by Crippen LogP contribution is 2.16. The van der Waals surface area contributed by atoms with E-state index in [4.69, 9.17) is 10.2 Å². The van der Waals surface area contributed by atoms with Crippen molar-refractivity contribution in [3.05, 3.63) is 0 Å². The van der Waals surface area contributed by atoms with E-state index in [1.54, 1.807) is 6.26 Å². The molecule has 0 amide bonds. The lowest BCUT2D eigenvalue weighted by molar-refractivity contribution is -0.146. The smallest absolute Gasteiger partial charge is 0.306 e. The van der Waals surface area contributed by atoms with E-state index in [1.807, 2.05) is 0 Å². The highest BCUT2D eigenvalue weighted by Gasteiger charge is 2.28. The van der Waals surface area contributed by atoms with Crippen LogP contribution < -0.4 is 0 Å². The summed E-state index contributed by atoms with van der Waals surface area (Å²) < 4.78 is 4.67. The molecular weight excluding hydrogens is 180 g/mol. The molecule has 72 valence electrons. The van der Waals surface area contributed by atoms with Gasteiger partial charge in [0.1, 0.15) is 12.2 Å². The Hall–Kier alpha value is -0.260. The zero-order valence-electron chi connectivity index (χ0n) is 6.93. The summed E-state index contributed by atoms with van der Waals surface area (Å²) in [5.74, 6) is -0.294. The molecule has 1 aliphatic rings. The van der Waals surface area contributed by atoms with Gasteiger partial charge in [-0.2, -0.15) is 12.6 Å². The minimum absolute atomic E-state index is 0.294. The predicted molar refractivity (Wildman–Crippen MR) is 47.1 cm³/mol. The largest absolute Gasteiger partial charge is 0.459 e. The summed E-state index contributed by atoms with van der Waals surface area (Å²) in [4.78, 5) is 10.5. The van der Waals surface area contributed by atoms with Gasteiger partial charge in [0.25, 0.3) is 0 Å². The molecular formula is C7H14O4S. The maximum absolute atomic E-state index is 10.5. The van der Waals surface area contributed by atoms with Gasteiger partial charge < -0.3 is 14.9 Å². The van der Waals surface area contributed by atoms with Crippen molar-refractivity contribution in [1.82, 2.24) is 0 Å². The average molecular weight is 194 g/mol. The Labute approximate surface area is 76.9 Å². The van der Waals surface area contributed by atoms with E-state index >= 15 is 0 Å². The minimum atomic E-state index is -0.911. The molecule has 0 aliphatic carbocycles.